The number of benzene rings is 1. The fraction of sp³-hybridized carbons (Fsp3) is 0.682. The lowest BCUT2D eigenvalue weighted by molar-refractivity contribution is -0.109. The van der Waals surface area contributed by atoms with Crippen molar-refractivity contribution in [3.63, 3.8) is 0 Å². The van der Waals surface area contributed by atoms with E-state index in [9.17, 15) is 9.90 Å². The molecule has 6 heteroatoms. The fourth-order valence-corrected chi connectivity index (χ4v) is 4.79. The number of likely N-dealkylation sites (tertiary alicyclic amines) is 2. The van der Waals surface area contributed by atoms with Crippen LogP contribution in [0.15, 0.2) is 24.3 Å². The number of rotatable bonds is 2. The molecule has 3 aliphatic rings. The summed E-state index contributed by atoms with van der Waals surface area (Å²) in [4.78, 5) is 16.5. The third-order valence-corrected chi connectivity index (χ3v) is 6.22. The second-order valence-corrected chi connectivity index (χ2v) is 9.56. The first-order chi connectivity index (χ1) is 13.2. The minimum absolute atomic E-state index is 0.184. The van der Waals surface area contributed by atoms with Crippen LogP contribution in [0.4, 0.5) is 4.79 Å². The summed E-state index contributed by atoms with van der Waals surface area (Å²) in [5.41, 5.74) is 0.431. The van der Waals surface area contributed by atoms with E-state index >= 15 is 0 Å². The Bertz CT molecular complexity index is 715. The average molecular weight is 389 g/mol. The zero-order valence-corrected chi connectivity index (χ0v) is 17.2. The van der Waals surface area contributed by atoms with Gasteiger partial charge in [-0.2, -0.15) is 0 Å². The van der Waals surface area contributed by atoms with Gasteiger partial charge in [-0.15, -0.1) is 0 Å². The van der Waals surface area contributed by atoms with Crippen molar-refractivity contribution in [1.82, 2.24) is 9.80 Å². The Balaban J connectivity index is 1.26. The summed E-state index contributed by atoms with van der Waals surface area (Å²) >= 11 is 0. The van der Waals surface area contributed by atoms with Crippen molar-refractivity contribution in [3.8, 4) is 5.75 Å². The highest BCUT2D eigenvalue weighted by Gasteiger charge is 2.53. The normalized spacial score (nSPS) is 25.7. The van der Waals surface area contributed by atoms with Gasteiger partial charge in [0, 0.05) is 6.04 Å². The maximum Gasteiger partial charge on any atom is 0.410 e. The monoisotopic (exact) mass is 388 g/mol. The van der Waals surface area contributed by atoms with E-state index in [0.717, 1.165) is 44.5 Å². The third-order valence-electron chi connectivity index (χ3n) is 6.22. The van der Waals surface area contributed by atoms with Gasteiger partial charge in [0.1, 0.15) is 17.0 Å². The predicted molar refractivity (Wildman–Crippen MR) is 107 cm³/mol. The molecule has 3 aliphatic heterocycles. The Labute approximate surface area is 167 Å². The van der Waals surface area contributed by atoms with Gasteiger partial charge >= 0.3 is 6.09 Å². The number of hydrogen-bond donors (Lipinski definition) is 1. The molecule has 0 bridgehead atoms. The average Bonchev–Trinajstić information content (AvgIpc) is 3.05. The quantitative estimate of drug-likeness (QED) is 0.842. The molecule has 1 atom stereocenters. The number of phenols is 1. The smallest absolute Gasteiger partial charge is 0.410 e. The number of amides is 1. The highest BCUT2D eigenvalue weighted by molar-refractivity contribution is 5.69. The SMILES string of the molecule is CC(C)(C)OC(=O)N1CC2(C[C@H](N3CCC(c4ccccc4O)CC3)CO2)C1. The molecule has 3 fully saturated rings. The predicted octanol–water partition coefficient (Wildman–Crippen LogP) is 3.35. The number of phenolic OH excluding ortho intramolecular Hbond substituents is 1. The van der Waals surface area contributed by atoms with Gasteiger partial charge in [0.2, 0.25) is 0 Å². The van der Waals surface area contributed by atoms with Gasteiger partial charge in [-0.05, 0) is 70.7 Å². The first-order valence-electron chi connectivity index (χ1n) is 10.4. The van der Waals surface area contributed by atoms with Crippen LogP contribution < -0.4 is 0 Å². The summed E-state index contributed by atoms with van der Waals surface area (Å²) in [6.07, 6.45) is 2.86. The first-order valence-corrected chi connectivity index (χ1v) is 10.4. The molecule has 0 aromatic heterocycles. The van der Waals surface area contributed by atoms with Crippen LogP contribution in [0.3, 0.4) is 0 Å². The second kappa shape index (κ2) is 7.23. The Morgan fingerprint density at radius 1 is 1.21 bits per heavy atom. The van der Waals surface area contributed by atoms with Crippen LogP contribution in [-0.4, -0.2) is 71.0 Å². The van der Waals surface area contributed by atoms with E-state index < -0.39 is 5.60 Å². The molecule has 28 heavy (non-hydrogen) atoms. The molecule has 1 aromatic carbocycles. The summed E-state index contributed by atoms with van der Waals surface area (Å²) in [6, 6.07) is 8.13. The molecule has 1 N–H and O–H groups in total. The minimum atomic E-state index is -0.462. The Morgan fingerprint density at radius 2 is 1.89 bits per heavy atom. The van der Waals surface area contributed by atoms with Crippen molar-refractivity contribution >= 4 is 6.09 Å². The lowest BCUT2D eigenvalue weighted by Crippen LogP contribution is -2.64. The van der Waals surface area contributed by atoms with Crippen LogP contribution in [-0.2, 0) is 9.47 Å². The number of carbonyl (C=O) groups is 1. The molecule has 1 aromatic rings. The van der Waals surface area contributed by atoms with Crippen LogP contribution >= 0.6 is 0 Å². The Hall–Kier alpha value is -1.79. The zero-order chi connectivity index (χ0) is 19.9. The Kier molecular flexibility index (Phi) is 5.04. The number of piperidine rings is 1. The molecular formula is C22H32N2O4. The lowest BCUT2D eigenvalue weighted by Gasteiger charge is -2.47. The van der Waals surface area contributed by atoms with E-state index in [4.69, 9.17) is 9.47 Å². The zero-order valence-electron chi connectivity index (χ0n) is 17.2. The van der Waals surface area contributed by atoms with Gasteiger partial charge in [-0.3, -0.25) is 4.90 Å². The van der Waals surface area contributed by atoms with Gasteiger partial charge in [0.25, 0.3) is 0 Å². The summed E-state index contributed by atoms with van der Waals surface area (Å²) in [5, 5.41) is 10.1. The number of carbonyl (C=O) groups excluding carboxylic acids is 1. The lowest BCUT2D eigenvalue weighted by atomic mass is 9.86. The highest BCUT2D eigenvalue weighted by Crippen LogP contribution is 2.40. The van der Waals surface area contributed by atoms with Crippen LogP contribution in [0, 0.1) is 0 Å². The maximum absolute atomic E-state index is 12.2. The molecule has 0 radical (unpaired) electrons. The summed E-state index contributed by atoms with van der Waals surface area (Å²) in [5.74, 6) is 0.848. The van der Waals surface area contributed by atoms with E-state index in [2.05, 4.69) is 4.90 Å². The molecule has 6 nitrogen and oxygen atoms in total. The van der Waals surface area contributed by atoms with Crippen molar-refractivity contribution in [2.24, 2.45) is 0 Å². The molecule has 3 heterocycles. The van der Waals surface area contributed by atoms with Gasteiger partial charge in [0.15, 0.2) is 0 Å². The van der Waals surface area contributed by atoms with Crippen LogP contribution in [0.25, 0.3) is 0 Å². The molecule has 0 saturated carbocycles. The molecule has 1 amide bonds. The van der Waals surface area contributed by atoms with E-state index in [1.165, 1.54) is 0 Å². The van der Waals surface area contributed by atoms with E-state index in [-0.39, 0.29) is 11.7 Å². The topological polar surface area (TPSA) is 62.2 Å². The molecular weight excluding hydrogens is 356 g/mol. The highest BCUT2D eigenvalue weighted by atomic mass is 16.6. The summed E-state index contributed by atoms with van der Waals surface area (Å²) in [6.45, 7) is 9.73. The van der Waals surface area contributed by atoms with Crippen LogP contribution in [0.1, 0.15) is 51.5 Å². The Morgan fingerprint density at radius 3 is 2.54 bits per heavy atom. The third kappa shape index (κ3) is 3.98. The van der Waals surface area contributed by atoms with Crippen molar-refractivity contribution in [2.75, 3.05) is 32.8 Å². The maximum atomic E-state index is 12.2. The number of para-hydroxylation sites is 1. The van der Waals surface area contributed by atoms with Crippen LogP contribution in [0.2, 0.25) is 0 Å². The van der Waals surface area contributed by atoms with E-state index in [1.807, 2.05) is 39.0 Å². The van der Waals surface area contributed by atoms with Crippen molar-refractivity contribution in [1.29, 1.82) is 0 Å². The summed E-state index contributed by atoms with van der Waals surface area (Å²) < 4.78 is 11.6. The molecule has 3 saturated heterocycles. The van der Waals surface area contributed by atoms with Crippen molar-refractivity contribution in [3.05, 3.63) is 29.8 Å². The first kappa shape index (κ1) is 19.5. The van der Waals surface area contributed by atoms with Gasteiger partial charge in [0.05, 0.1) is 19.7 Å². The number of ether oxygens (including phenoxy) is 2. The minimum Gasteiger partial charge on any atom is -0.508 e. The molecule has 0 aliphatic carbocycles. The second-order valence-electron chi connectivity index (χ2n) is 9.56. The molecule has 0 unspecified atom stereocenters. The van der Waals surface area contributed by atoms with E-state index in [1.54, 1.807) is 11.0 Å². The fourth-order valence-electron chi connectivity index (χ4n) is 4.79. The molecule has 154 valence electrons. The van der Waals surface area contributed by atoms with Gasteiger partial charge in [-0.1, -0.05) is 18.2 Å². The molecule has 4 rings (SSSR count). The standard InChI is InChI=1S/C22H32N2O4/c1-21(2,3)28-20(26)24-14-22(15-24)12-17(13-27-22)23-10-8-16(9-11-23)18-6-4-5-7-19(18)25/h4-7,16-17,25H,8-15H2,1-3H3/t17-/m0/s1. The van der Waals surface area contributed by atoms with E-state index in [0.29, 0.717) is 30.8 Å². The van der Waals surface area contributed by atoms with Crippen LogP contribution in [0.5, 0.6) is 5.75 Å². The van der Waals surface area contributed by atoms with Gasteiger partial charge in [-0.25, -0.2) is 4.79 Å². The summed E-state index contributed by atoms with van der Waals surface area (Å²) in [7, 11) is 0. The largest absolute Gasteiger partial charge is 0.508 e. The van der Waals surface area contributed by atoms with Crippen molar-refractivity contribution < 1.29 is 19.4 Å². The number of aromatic hydroxyl groups is 1. The number of nitrogens with zero attached hydrogens (tertiary/aromatic N) is 2. The van der Waals surface area contributed by atoms with Crippen molar-refractivity contribution in [2.45, 2.75) is 63.2 Å². The molecule has 1 spiro atoms. The van der Waals surface area contributed by atoms with Gasteiger partial charge < -0.3 is 19.5 Å². The number of hydrogen-bond acceptors (Lipinski definition) is 5.